The standard InChI is InChI=1S/C16H22N2O3/c1-10(15(19)18-11-5-2-3-6-11)17-16(20)13-9-12(13)14-7-4-8-21-14/h4,7-8,10-13H,2-3,5-6,9H2,1H3,(H,17,20)(H,18,19)/t10-,12+,13-/m0/s1. The zero-order valence-electron chi connectivity index (χ0n) is 12.3. The van der Waals surface area contributed by atoms with E-state index in [2.05, 4.69) is 10.6 Å². The van der Waals surface area contributed by atoms with Crippen LogP contribution in [0, 0.1) is 5.92 Å². The van der Waals surface area contributed by atoms with E-state index in [0.29, 0.717) is 0 Å². The van der Waals surface area contributed by atoms with Crippen LogP contribution in [-0.4, -0.2) is 23.9 Å². The quantitative estimate of drug-likeness (QED) is 0.870. The normalized spacial score (nSPS) is 26.3. The number of carbonyl (C=O) groups is 2. The van der Waals surface area contributed by atoms with Crippen molar-refractivity contribution < 1.29 is 14.0 Å². The maximum atomic E-state index is 12.1. The summed E-state index contributed by atoms with van der Waals surface area (Å²) >= 11 is 0. The molecule has 1 aromatic heterocycles. The molecule has 0 spiro atoms. The van der Waals surface area contributed by atoms with Gasteiger partial charge in [0, 0.05) is 17.9 Å². The molecule has 0 aliphatic heterocycles. The molecule has 2 aliphatic rings. The van der Waals surface area contributed by atoms with E-state index in [4.69, 9.17) is 4.42 Å². The summed E-state index contributed by atoms with van der Waals surface area (Å²) in [6.45, 7) is 1.74. The lowest BCUT2D eigenvalue weighted by Crippen LogP contribution is -2.48. The fourth-order valence-corrected chi connectivity index (χ4v) is 3.08. The average molecular weight is 290 g/mol. The van der Waals surface area contributed by atoms with E-state index in [1.54, 1.807) is 13.2 Å². The molecule has 2 saturated carbocycles. The van der Waals surface area contributed by atoms with Crippen LogP contribution in [0.4, 0.5) is 0 Å². The predicted octanol–water partition coefficient (Wildman–Crippen LogP) is 1.95. The number of carbonyl (C=O) groups excluding carboxylic acids is 2. The Morgan fingerprint density at radius 1 is 1.33 bits per heavy atom. The third kappa shape index (κ3) is 3.28. The Balaban J connectivity index is 1.45. The first-order chi connectivity index (χ1) is 10.1. The Bertz CT molecular complexity index is 506. The van der Waals surface area contributed by atoms with E-state index >= 15 is 0 Å². The van der Waals surface area contributed by atoms with Gasteiger partial charge in [-0.05, 0) is 38.3 Å². The molecule has 5 nitrogen and oxygen atoms in total. The highest BCUT2D eigenvalue weighted by Crippen LogP contribution is 2.47. The third-order valence-electron chi connectivity index (χ3n) is 4.49. The molecule has 3 rings (SSSR count). The summed E-state index contributed by atoms with van der Waals surface area (Å²) < 4.78 is 5.32. The van der Waals surface area contributed by atoms with Gasteiger partial charge in [-0.25, -0.2) is 0 Å². The van der Waals surface area contributed by atoms with Gasteiger partial charge < -0.3 is 15.1 Å². The topological polar surface area (TPSA) is 71.3 Å². The zero-order chi connectivity index (χ0) is 14.8. The molecule has 0 aromatic carbocycles. The summed E-state index contributed by atoms with van der Waals surface area (Å²) in [6.07, 6.45) is 6.89. The number of amides is 2. The van der Waals surface area contributed by atoms with Crippen molar-refractivity contribution >= 4 is 11.8 Å². The lowest BCUT2D eigenvalue weighted by Gasteiger charge is -2.17. The van der Waals surface area contributed by atoms with E-state index in [0.717, 1.165) is 25.0 Å². The molecule has 2 N–H and O–H groups in total. The number of hydrogen-bond acceptors (Lipinski definition) is 3. The second-order valence-corrected chi connectivity index (χ2v) is 6.18. The lowest BCUT2D eigenvalue weighted by atomic mass is 10.2. The smallest absolute Gasteiger partial charge is 0.242 e. The van der Waals surface area contributed by atoms with Crippen LogP contribution in [0.1, 0.15) is 50.7 Å². The van der Waals surface area contributed by atoms with Crippen LogP contribution in [0.25, 0.3) is 0 Å². The van der Waals surface area contributed by atoms with Gasteiger partial charge in [0.25, 0.3) is 0 Å². The summed E-state index contributed by atoms with van der Waals surface area (Å²) in [5.41, 5.74) is 0. The SMILES string of the molecule is C[C@H](NC(=O)[C@H]1C[C@H]1c1ccco1)C(=O)NC1CCCC1. The van der Waals surface area contributed by atoms with E-state index in [-0.39, 0.29) is 29.7 Å². The molecule has 3 atom stereocenters. The second kappa shape index (κ2) is 5.92. The van der Waals surface area contributed by atoms with E-state index in [1.807, 2.05) is 12.1 Å². The summed E-state index contributed by atoms with van der Waals surface area (Å²) in [5.74, 6) is 0.845. The highest BCUT2D eigenvalue weighted by molar-refractivity contribution is 5.89. The molecule has 0 bridgehead atoms. The Labute approximate surface area is 124 Å². The minimum Gasteiger partial charge on any atom is -0.469 e. The first kappa shape index (κ1) is 14.2. The Hall–Kier alpha value is -1.78. The van der Waals surface area contributed by atoms with Crippen molar-refractivity contribution in [1.82, 2.24) is 10.6 Å². The molecule has 2 aliphatic carbocycles. The molecule has 114 valence electrons. The number of hydrogen-bond donors (Lipinski definition) is 2. The van der Waals surface area contributed by atoms with Gasteiger partial charge in [0.2, 0.25) is 11.8 Å². The summed E-state index contributed by atoms with van der Waals surface area (Å²) in [4.78, 5) is 24.2. The van der Waals surface area contributed by atoms with Gasteiger partial charge in [0.05, 0.1) is 6.26 Å². The first-order valence-corrected chi connectivity index (χ1v) is 7.79. The fraction of sp³-hybridized carbons (Fsp3) is 0.625. The number of furan rings is 1. The van der Waals surface area contributed by atoms with Gasteiger partial charge in [-0.15, -0.1) is 0 Å². The van der Waals surface area contributed by atoms with Crippen molar-refractivity contribution in [2.45, 2.75) is 57.0 Å². The summed E-state index contributed by atoms with van der Waals surface area (Å²) in [7, 11) is 0. The van der Waals surface area contributed by atoms with Gasteiger partial charge in [-0.3, -0.25) is 9.59 Å². The zero-order valence-corrected chi connectivity index (χ0v) is 12.3. The van der Waals surface area contributed by atoms with Crippen LogP contribution in [0.3, 0.4) is 0 Å². The monoisotopic (exact) mass is 290 g/mol. The van der Waals surface area contributed by atoms with Crippen LogP contribution in [0.2, 0.25) is 0 Å². The minimum absolute atomic E-state index is 0.0505. The van der Waals surface area contributed by atoms with E-state index < -0.39 is 6.04 Å². The fourth-order valence-electron chi connectivity index (χ4n) is 3.08. The highest BCUT2D eigenvalue weighted by Gasteiger charge is 2.46. The average Bonchev–Trinajstić information content (AvgIpc) is 2.89. The number of rotatable bonds is 5. The van der Waals surface area contributed by atoms with Crippen molar-refractivity contribution in [2.24, 2.45) is 5.92 Å². The second-order valence-electron chi connectivity index (χ2n) is 6.18. The van der Waals surface area contributed by atoms with Gasteiger partial charge in [-0.1, -0.05) is 12.8 Å². The van der Waals surface area contributed by atoms with Crippen molar-refractivity contribution in [3.8, 4) is 0 Å². The Kier molecular flexibility index (Phi) is 3.99. The van der Waals surface area contributed by atoms with Gasteiger partial charge in [-0.2, -0.15) is 0 Å². The van der Waals surface area contributed by atoms with Gasteiger partial charge >= 0.3 is 0 Å². The maximum Gasteiger partial charge on any atom is 0.242 e. The molecule has 21 heavy (non-hydrogen) atoms. The lowest BCUT2D eigenvalue weighted by molar-refractivity contribution is -0.129. The van der Waals surface area contributed by atoms with Crippen molar-refractivity contribution in [3.63, 3.8) is 0 Å². The molecule has 5 heteroatoms. The van der Waals surface area contributed by atoms with Crippen LogP contribution in [-0.2, 0) is 9.59 Å². The van der Waals surface area contributed by atoms with Crippen molar-refractivity contribution in [1.29, 1.82) is 0 Å². The maximum absolute atomic E-state index is 12.1. The van der Waals surface area contributed by atoms with Gasteiger partial charge in [0.1, 0.15) is 11.8 Å². The summed E-state index contributed by atoms with van der Waals surface area (Å²) in [5, 5.41) is 5.82. The Morgan fingerprint density at radius 3 is 2.76 bits per heavy atom. The minimum atomic E-state index is -0.476. The highest BCUT2D eigenvalue weighted by atomic mass is 16.3. The number of nitrogens with one attached hydrogen (secondary N) is 2. The largest absolute Gasteiger partial charge is 0.469 e. The molecule has 0 unspecified atom stereocenters. The Morgan fingerprint density at radius 2 is 2.10 bits per heavy atom. The van der Waals surface area contributed by atoms with Gasteiger partial charge in [0.15, 0.2) is 0 Å². The molecular weight excluding hydrogens is 268 g/mol. The molecule has 1 aromatic rings. The first-order valence-electron chi connectivity index (χ1n) is 7.79. The molecule has 0 radical (unpaired) electrons. The molecule has 2 amide bonds. The van der Waals surface area contributed by atoms with Crippen LogP contribution in [0.15, 0.2) is 22.8 Å². The molecular formula is C16H22N2O3. The molecule has 0 saturated heterocycles. The van der Waals surface area contributed by atoms with E-state index in [9.17, 15) is 9.59 Å². The van der Waals surface area contributed by atoms with E-state index in [1.165, 1.54) is 12.8 Å². The van der Waals surface area contributed by atoms with Crippen molar-refractivity contribution in [3.05, 3.63) is 24.2 Å². The van der Waals surface area contributed by atoms with Crippen molar-refractivity contribution in [2.75, 3.05) is 0 Å². The van der Waals surface area contributed by atoms with Crippen LogP contribution < -0.4 is 10.6 Å². The van der Waals surface area contributed by atoms with Crippen LogP contribution >= 0.6 is 0 Å². The summed E-state index contributed by atoms with van der Waals surface area (Å²) in [6, 6.07) is 3.54. The third-order valence-corrected chi connectivity index (χ3v) is 4.49. The molecule has 1 heterocycles. The predicted molar refractivity (Wildman–Crippen MR) is 77.6 cm³/mol. The molecule has 2 fully saturated rings. The van der Waals surface area contributed by atoms with Crippen LogP contribution in [0.5, 0.6) is 0 Å².